The maximum absolute atomic E-state index is 14.1. The molecule has 13 heteroatoms. The number of carbonyl (C=O) groups is 1. The summed E-state index contributed by atoms with van der Waals surface area (Å²) in [5.74, 6) is 0.649. The predicted octanol–water partition coefficient (Wildman–Crippen LogP) is 4.88. The van der Waals surface area contributed by atoms with E-state index in [-0.39, 0.29) is 48.4 Å². The van der Waals surface area contributed by atoms with Gasteiger partial charge in [0.1, 0.15) is 5.76 Å². The molecule has 3 N–H and O–H groups in total. The van der Waals surface area contributed by atoms with Crippen LogP contribution in [-0.2, 0) is 30.7 Å². The molecule has 1 aromatic heterocycles. The molecule has 0 spiro atoms. The summed E-state index contributed by atoms with van der Waals surface area (Å²) in [6, 6.07) is 14.1. The van der Waals surface area contributed by atoms with Gasteiger partial charge in [-0.2, -0.15) is 4.31 Å². The normalized spacial score (nSPS) is 23.7. The van der Waals surface area contributed by atoms with Crippen LogP contribution in [0, 0.1) is 17.8 Å². The van der Waals surface area contributed by atoms with Gasteiger partial charge < -0.3 is 30.0 Å². The Hall–Kier alpha value is -3.07. The number of rotatable bonds is 13. The number of amides is 1. The maximum Gasteiger partial charge on any atom is 0.412 e. The molecule has 4 heterocycles. The lowest BCUT2D eigenvalue weighted by Crippen LogP contribution is -2.51. The van der Waals surface area contributed by atoms with Crippen molar-refractivity contribution in [3.63, 3.8) is 0 Å². The van der Waals surface area contributed by atoms with Crippen LogP contribution in [0.2, 0.25) is 0 Å². The molecule has 2 aliphatic carbocycles. The summed E-state index contributed by atoms with van der Waals surface area (Å²) in [5.41, 5.74) is 2.60. The second-order valence-corrected chi connectivity index (χ2v) is 16.4. The van der Waals surface area contributed by atoms with E-state index in [1.807, 2.05) is 44.2 Å². The number of anilines is 1. The molecule has 3 aromatic rings. The summed E-state index contributed by atoms with van der Waals surface area (Å²) in [5, 5.41) is 18.8. The van der Waals surface area contributed by atoms with Gasteiger partial charge in [0.2, 0.25) is 10.0 Å². The van der Waals surface area contributed by atoms with Gasteiger partial charge in [0.15, 0.2) is 11.4 Å². The Bertz CT molecular complexity index is 1740. The van der Waals surface area contributed by atoms with Gasteiger partial charge in [-0.15, -0.1) is 0 Å². The lowest BCUT2D eigenvalue weighted by atomic mass is 9.83. The number of nitrogens with zero attached hydrogens (tertiary/aromatic N) is 2. The number of aliphatic hydroxyl groups is 1. The first kappa shape index (κ1) is 32.5. The summed E-state index contributed by atoms with van der Waals surface area (Å²) in [4.78, 5) is 18.2. The van der Waals surface area contributed by atoms with Crippen molar-refractivity contribution in [1.82, 2.24) is 14.6 Å². The molecule has 1 amide bonds. The van der Waals surface area contributed by atoms with Gasteiger partial charge in [-0.3, -0.25) is 0 Å². The van der Waals surface area contributed by atoms with E-state index >= 15 is 0 Å². The molecule has 0 radical (unpaired) electrons. The standard InChI is InChI=1S/C34H42N4O7S2/c1-20(2)16-38(47(41,42)24-11-13-27-30(15-24)46-33(36-27)35-23-9-10-23)17-29(39)28(14-21-6-4-3-5-7-21)37-34(40)45-31-22-8-12-25-26(31)19-44-32(25)43-18-22/h3-7,11,13,15,20,22-23,25,28-29,32,39H,8-10,12,14,16-19H2,1-2H3,(H,35,36)(H,37,40)/t22?,25?,28-,29+,32?/m0/s1. The molecule has 47 heavy (non-hydrogen) atoms. The molecule has 5 atom stereocenters. The van der Waals surface area contributed by atoms with Gasteiger partial charge in [0.25, 0.3) is 0 Å². The Labute approximate surface area is 279 Å². The average Bonchev–Trinajstić information content (AvgIpc) is 3.70. The minimum Gasteiger partial charge on any atom is -0.414 e. The van der Waals surface area contributed by atoms with Crippen LogP contribution in [0.4, 0.5) is 9.93 Å². The SMILES string of the molecule is CC(C)CN(C[C@@H](O)[C@H](Cc1ccccc1)NC(=O)OC1=C2COC3OCC1CCC23)S(=O)(=O)c1ccc2nc(NC3CC3)sc2c1. The Balaban J connectivity index is 1.11. The number of alkyl carbamates (subject to hydrolysis) is 1. The fourth-order valence-electron chi connectivity index (χ4n) is 6.71. The highest BCUT2D eigenvalue weighted by atomic mass is 32.2. The quantitative estimate of drug-likeness (QED) is 0.230. The summed E-state index contributed by atoms with van der Waals surface area (Å²) in [6.07, 6.45) is 2.08. The third-order valence-corrected chi connectivity index (χ3v) is 12.1. The third-order valence-electron chi connectivity index (χ3n) is 9.29. The Morgan fingerprint density at radius 1 is 1.11 bits per heavy atom. The molecule has 1 saturated carbocycles. The van der Waals surface area contributed by atoms with E-state index in [0.29, 0.717) is 25.0 Å². The van der Waals surface area contributed by atoms with Crippen LogP contribution in [0.25, 0.3) is 10.2 Å². The smallest absolute Gasteiger partial charge is 0.412 e. The van der Waals surface area contributed by atoms with Crippen molar-refractivity contribution >= 4 is 42.8 Å². The fourth-order valence-corrected chi connectivity index (χ4v) is 9.41. The average molecular weight is 683 g/mol. The number of nitrogens with one attached hydrogen (secondary N) is 2. The minimum absolute atomic E-state index is 0.0114. The molecule has 3 unspecified atom stereocenters. The number of hydrogen-bond acceptors (Lipinski definition) is 10. The fraction of sp³-hybridized carbons (Fsp3) is 0.529. The van der Waals surface area contributed by atoms with Crippen molar-refractivity contribution in [3.8, 4) is 0 Å². The number of sulfonamides is 1. The summed E-state index contributed by atoms with van der Waals surface area (Å²) in [7, 11) is -4.00. The largest absolute Gasteiger partial charge is 0.414 e. The van der Waals surface area contributed by atoms with Crippen LogP contribution in [0.5, 0.6) is 0 Å². The zero-order valence-corrected chi connectivity index (χ0v) is 28.3. The van der Waals surface area contributed by atoms with E-state index in [4.69, 9.17) is 14.2 Å². The number of benzene rings is 2. The van der Waals surface area contributed by atoms with Gasteiger partial charge in [0, 0.05) is 36.5 Å². The van der Waals surface area contributed by atoms with Crippen LogP contribution >= 0.6 is 11.3 Å². The lowest BCUT2D eigenvalue weighted by molar-refractivity contribution is -0.129. The van der Waals surface area contributed by atoms with E-state index in [1.54, 1.807) is 18.2 Å². The van der Waals surface area contributed by atoms with Gasteiger partial charge in [-0.05, 0) is 61.8 Å². The maximum atomic E-state index is 14.1. The molecule has 2 saturated heterocycles. The van der Waals surface area contributed by atoms with Crippen LogP contribution < -0.4 is 10.6 Å². The van der Waals surface area contributed by atoms with Gasteiger partial charge in [-0.1, -0.05) is 55.5 Å². The number of aromatic nitrogens is 1. The van der Waals surface area contributed by atoms with E-state index in [0.717, 1.165) is 52.2 Å². The van der Waals surface area contributed by atoms with Crippen molar-refractivity contribution in [1.29, 1.82) is 0 Å². The van der Waals surface area contributed by atoms with Crippen LogP contribution in [0.1, 0.15) is 45.1 Å². The number of ether oxygens (including phenoxy) is 3. The second-order valence-electron chi connectivity index (χ2n) is 13.5. The van der Waals surface area contributed by atoms with Crippen molar-refractivity contribution < 1.29 is 32.5 Å². The molecule has 11 nitrogen and oxygen atoms in total. The molecule has 2 aromatic carbocycles. The Morgan fingerprint density at radius 2 is 1.91 bits per heavy atom. The number of thiazole rings is 1. The van der Waals surface area contributed by atoms with E-state index in [1.165, 1.54) is 15.6 Å². The molecular formula is C34H42N4O7S2. The number of carbonyl (C=O) groups excluding carboxylic acids is 1. The lowest BCUT2D eigenvalue weighted by Gasteiger charge is -2.31. The van der Waals surface area contributed by atoms with Gasteiger partial charge >= 0.3 is 6.09 Å². The molecular weight excluding hydrogens is 641 g/mol. The number of fused-ring (bicyclic) bond motifs is 3. The number of aliphatic hydroxyl groups excluding tert-OH is 1. The molecule has 5 aliphatic rings. The van der Waals surface area contributed by atoms with E-state index in [2.05, 4.69) is 15.6 Å². The minimum atomic E-state index is -4.00. The molecule has 252 valence electrons. The van der Waals surface area contributed by atoms with Gasteiger partial charge in [0.05, 0.1) is 40.5 Å². The first-order valence-electron chi connectivity index (χ1n) is 16.5. The van der Waals surface area contributed by atoms with Gasteiger partial charge in [-0.25, -0.2) is 18.2 Å². The van der Waals surface area contributed by atoms with Crippen LogP contribution in [0.15, 0.2) is 64.8 Å². The van der Waals surface area contributed by atoms with Crippen molar-refractivity contribution in [3.05, 3.63) is 65.4 Å². The first-order valence-corrected chi connectivity index (χ1v) is 18.7. The molecule has 3 fully saturated rings. The summed E-state index contributed by atoms with van der Waals surface area (Å²) < 4.78 is 48.0. The second kappa shape index (κ2) is 13.4. The Kier molecular flexibility index (Phi) is 9.29. The van der Waals surface area contributed by atoms with Crippen molar-refractivity contribution in [2.45, 2.75) is 75.3 Å². The highest BCUT2D eigenvalue weighted by Gasteiger charge is 2.46. The van der Waals surface area contributed by atoms with Crippen molar-refractivity contribution in [2.24, 2.45) is 17.8 Å². The molecule has 4 bridgehead atoms. The molecule has 3 aliphatic heterocycles. The zero-order valence-electron chi connectivity index (χ0n) is 26.6. The third kappa shape index (κ3) is 7.20. The summed E-state index contributed by atoms with van der Waals surface area (Å²) in [6.45, 7) is 4.65. The zero-order chi connectivity index (χ0) is 32.7. The van der Waals surface area contributed by atoms with E-state index in [9.17, 15) is 18.3 Å². The van der Waals surface area contributed by atoms with Crippen LogP contribution in [-0.4, -0.2) is 79.7 Å². The monoisotopic (exact) mass is 682 g/mol. The van der Waals surface area contributed by atoms with Crippen molar-refractivity contribution in [2.75, 3.05) is 31.6 Å². The topological polar surface area (TPSA) is 139 Å². The molecule has 8 rings (SSSR count). The first-order chi connectivity index (χ1) is 22.6. The Morgan fingerprint density at radius 3 is 2.68 bits per heavy atom. The summed E-state index contributed by atoms with van der Waals surface area (Å²) >= 11 is 1.44. The highest BCUT2D eigenvalue weighted by Crippen LogP contribution is 2.45. The van der Waals surface area contributed by atoms with Crippen LogP contribution in [0.3, 0.4) is 0 Å². The number of hydrogen-bond donors (Lipinski definition) is 3. The predicted molar refractivity (Wildman–Crippen MR) is 178 cm³/mol. The van der Waals surface area contributed by atoms with E-state index < -0.39 is 28.3 Å². The highest BCUT2D eigenvalue weighted by molar-refractivity contribution is 7.89.